The predicted molar refractivity (Wildman–Crippen MR) is 124 cm³/mol. The highest BCUT2D eigenvalue weighted by atomic mass is 16.3. The molecule has 3 aromatic heterocycles. The third-order valence-electron chi connectivity index (χ3n) is 5.09. The number of hydrogen-bond acceptors (Lipinski definition) is 6. The zero-order valence-electron chi connectivity index (χ0n) is 17.1. The summed E-state index contributed by atoms with van der Waals surface area (Å²) in [5.41, 5.74) is 9.92. The smallest absolute Gasteiger partial charge is 0.257 e. The van der Waals surface area contributed by atoms with Crippen LogP contribution in [0.4, 0.5) is 5.82 Å². The number of nitrogens with one attached hydrogen (secondary N) is 1. The van der Waals surface area contributed by atoms with E-state index in [9.17, 15) is 4.79 Å². The monoisotopic (exact) mass is 424 g/mol. The summed E-state index contributed by atoms with van der Waals surface area (Å²) in [6.45, 7) is 0.464. The Morgan fingerprint density at radius 1 is 1.03 bits per heavy atom. The molecule has 8 heteroatoms. The van der Waals surface area contributed by atoms with E-state index in [2.05, 4.69) is 20.4 Å². The zero-order chi connectivity index (χ0) is 21.9. The summed E-state index contributed by atoms with van der Waals surface area (Å²) < 4.78 is 6.73. The molecule has 5 rings (SSSR count). The van der Waals surface area contributed by atoms with Crippen LogP contribution < -0.4 is 11.1 Å². The fourth-order valence-corrected chi connectivity index (χ4v) is 3.52. The van der Waals surface area contributed by atoms with Gasteiger partial charge in [0.1, 0.15) is 22.7 Å². The number of amides is 1. The molecule has 0 radical (unpaired) electrons. The molecule has 3 heterocycles. The molecule has 0 fully saturated rings. The molecule has 0 unspecified atom stereocenters. The van der Waals surface area contributed by atoms with E-state index in [0.29, 0.717) is 40.9 Å². The van der Waals surface area contributed by atoms with Crippen molar-refractivity contribution in [1.29, 1.82) is 0 Å². The average Bonchev–Trinajstić information content (AvgIpc) is 3.42. The van der Waals surface area contributed by atoms with Crippen LogP contribution in [0.25, 0.3) is 22.2 Å². The minimum atomic E-state index is -0.319. The lowest BCUT2D eigenvalue weighted by Crippen LogP contribution is -2.26. The summed E-state index contributed by atoms with van der Waals surface area (Å²) in [6, 6.07) is 20.9. The average molecular weight is 424 g/mol. The molecule has 0 bridgehead atoms. The lowest BCUT2D eigenvalue weighted by atomic mass is 10.1. The number of anilines is 1. The second-order valence-corrected chi connectivity index (χ2v) is 7.21. The van der Waals surface area contributed by atoms with Crippen molar-refractivity contribution in [3.63, 3.8) is 0 Å². The molecule has 5 aromatic rings. The summed E-state index contributed by atoms with van der Waals surface area (Å²) in [4.78, 5) is 22.4. The fraction of sp³-hybridized carbons (Fsp3) is 0.0833. The van der Waals surface area contributed by atoms with Crippen LogP contribution >= 0.6 is 0 Å². The van der Waals surface area contributed by atoms with E-state index in [4.69, 9.17) is 10.2 Å². The Hall–Kier alpha value is -4.46. The summed E-state index contributed by atoms with van der Waals surface area (Å²) in [7, 11) is 0. The van der Waals surface area contributed by atoms with Crippen molar-refractivity contribution in [1.82, 2.24) is 20.0 Å². The lowest BCUT2D eigenvalue weighted by Gasteiger charge is -2.05. The van der Waals surface area contributed by atoms with Crippen LogP contribution in [0.5, 0.6) is 0 Å². The van der Waals surface area contributed by atoms with Crippen LogP contribution in [0.2, 0.25) is 0 Å². The standard InChI is InChI=1S/C24H20N6O2/c25-22-20(24(31)26-13-12-16-7-2-1-3-8-16)21-23(29-19-11-5-4-10-18(19)28-21)30(22)27-15-17-9-6-14-32-17/h1-11,14-15H,12-13,25H2,(H,26,31). The SMILES string of the molecule is Nc1c(C(=O)NCCc2ccccc2)c2nc3ccccc3nc2n1N=Cc1ccco1. The van der Waals surface area contributed by atoms with Gasteiger partial charge in [0.15, 0.2) is 5.65 Å². The van der Waals surface area contributed by atoms with Gasteiger partial charge in [-0.1, -0.05) is 42.5 Å². The third kappa shape index (κ3) is 3.69. The largest absolute Gasteiger partial charge is 0.463 e. The Morgan fingerprint density at radius 2 is 1.78 bits per heavy atom. The number of rotatable bonds is 6. The van der Waals surface area contributed by atoms with Crippen molar-refractivity contribution in [2.75, 3.05) is 12.3 Å². The number of nitrogens with two attached hydrogens (primary N) is 1. The molecule has 3 N–H and O–H groups in total. The number of nitrogen functional groups attached to an aromatic ring is 1. The molecule has 158 valence electrons. The van der Waals surface area contributed by atoms with Crippen LogP contribution in [-0.2, 0) is 6.42 Å². The quantitative estimate of drug-likeness (QED) is 0.405. The van der Waals surface area contributed by atoms with E-state index in [1.807, 2.05) is 54.6 Å². The first kappa shape index (κ1) is 19.5. The molecule has 0 aliphatic rings. The molecule has 0 saturated carbocycles. The summed E-state index contributed by atoms with van der Waals surface area (Å²) in [5, 5.41) is 7.35. The van der Waals surface area contributed by atoms with E-state index in [0.717, 1.165) is 5.56 Å². The van der Waals surface area contributed by atoms with Gasteiger partial charge in [0.2, 0.25) is 0 Å². The Labute approximate surface area is 183 Å². The maximum absolute atomic E-state index is 13.1. The van der Waals surface area contributed by atoms with Crippen LogP contribution in [0.15, 0.2) is 82.5 Å². The normalized spacial score (nSPS) is 11.5. The molecular weight excluding hydrogens is 404 g/mol. The number of nitrogens with zero attached hydrogens (tertiary/aromatic N) is 4. The topological polar surface area (TPSA) is 111 Å². The lowest BCUT2D eigenvalue weighted by molar-refractivity contribution is 0.0956. The van der Waals surface area contributed by atoms with Crippen molar-refractivity contribution in [3.8, 4) is 0 Å². The molecule has 0 aliphatic heterocycles. The first-order chi connectivity index (χ1) is 15.7. The Kier molecular flexibility index (Phi) is 5.09. The number of para-hydroxylation sites is 2. The van der Waals surface area contributed by atoms with E-state index in [-0.39, 0.29) is 17.3 Å². The molecule has 32 heavy (non-hydrogen) atoms. The molecule has 1 amide bonds. The van der Waals surface area contributed by atoms with Crippen LogP contribution in [0, 0.1) is 0 Å². The van der Waals surface area contributed by atoms with Gasteiger partial charge in [0.05, 0.1) is 23.5 Å². The number of benzene rings is 2. The molecule has 0 aliphatic carbocycles. The summed E-state index contributed by atoms with van der Waals surface area (Å²) in [5.74, 6) is 0.393. The van der Waals surface area contributed by atoms with Crippen molar-refractivity contribution in [3.05, 3.63) is 89.9 Å². The summed E-state index contributed by atoms with van der Waals surface area (Å²) >= 11 is 0. The zero-order valence-corrected chi connectivity index (χ0v) is 17.1. The minimum absolute atomic E-state index is 0.162. The fourth-order valence-electron chi connectivity index (χ4n) is 3.52. The van der Waals surface area contributed by atoms with Gasteiger partial charge in [-0.05, 0) is 36.2 Å². The highest BCUT2D eigenvalue weighted by molar-refractivity contribution is 6.10. The van der Waals surface area contributed by atoms with Gasteiger partial charge in [-0.15, -0.1) is 0 Å². The minimum Gasteiger partial charge on any atom is -0.463 e. The Bertz CT molecular complexity index is 1420. The van der Waals surface area contributed by atoms with Crippen LogP contribution in [0.3, 0.4) is 0 Å². The van der Waals surface area contributed by atoms with Crippen molar-refractivity contribution in [2.24, 2.45) is 5.10 Å². The number of carbonyl (C=O) groups is 1. The Balaban J connectivity index is 1.53. The molecule has 0 saturated heterocycles. The van der Waals surface area contributed by atoms with Crippen LogP contribution in [0.1, 0.15) is 21.7 Å². The highest BCUT2D eigenvalue weighted by Gasteiger charge is 2.24. The van der Waals surface area contributed by atoms with Gasteiger partial charge < -0.3 is 15.5 Å². The van der Waals surface area contributed by atoms with Crippen molar-refractivity contribution >= 4 is 40.1 Å². The molecule has 0 atom stereocenters. The summed E-state index contributed by atoms with van der Waals surface area (Å²) in [6.07, 6.45) is 3.78. The maximum Gasteiger partial charge on any atom is 0.257 e. The second kappa shape index (κ2) is 8.35. The molecular formula is C24H20N6O2. The van der Waals surface area contributed by atoms with Crippen molar-refractivity contribution < 1.29 is 9.21 Å². The molecule has 2 aromatic carbocycles. The first-order valence-corrected chi connectivity index (χ1v) is 10.2. The number of furan rings is 1. The van der Waals surface area contributed by atoms with Crippen molar-refractivity contribution in [2.45, 2.75) is 6.42 Å². The third-order valence-corrected chi connectivity index (χ3v) is 5.09. The van der Waals surface area contributed by atoms with E-state index in [1.165, 1.54) is 10.9 Å². The van der Waals surface area contributed by atoms with Gasteiger partial charge in [-0.3, -0.25) is 4.79 Å². The van der Waals surface area contributed by atoms with Gasteiger partial charge in [-0.25, -0.2) is 9.97 Å². The number of aromatic nitrogens is 3. The highest BCUT2D eigenvalue weighted by Crippen LogP contribution is 2.27. The van der Waals surface area contributed by atoms with E-state index in [1.54, 1.807) is 18.4 Å². The van der Waals surface area contributed by atoms with E-state index >= 15 is 0 Å². The van der Waals surface area contributed by atoms with Gasteiger partial charge >= 0.3 is 0 Å². The number of hydrogen-bond donors (Lipinski definition) is 2. The van der Waals surface area contributed by atoms with Gasteiger partial charge in [0, 0.05) is 6.54 Å². The number of carbonyl (C=O) groups excluding carboxylic acids is 1. The molecule has 8 nitrogen and oxygen atoms in total. The van der Waals surface area contributed by atoms with Gasteiger partial charge in [-0.2, -0.15) is 9.78 Å². The number of fused-ring (bicyclic) bond motifs is 2. The predicted octanol–water partition coefficient (Wildman–Crippen LogP) is 3.61. The van der Waals surface area contributed by atoms with Crippen LogP contribution in [-0.4, -0.2) is 33.3 Å². The van der Waals surface area contributed by atoms with E-state index < -0.39 is 0 Å². The second-order valence-electron chi connectivity index (χ2n) is 7.21. The molecule has 0 spiro atoms. The van der Waals surface area contributed by atoms with Gasteiger partial charge in [0.25, 0.3) is 5.91 Å². The maximum atomic E-state index is 13.1. The Morgan fingerprint density at radius 3 is 2.53 bits per heavy atom. The first-order valence-electron chi connectivity index (χ1n) is 10.2.